The Hall–Kier alpha value is -3.19. The zero-order valence-electron chi connectivity index (χ0n) is 16.4. The highest BCUT2D eigenvalue weighted by molar-refractivity contribution is 5.77. The standard InChI is InChI=1S/C22H23N5O2/c1-29-15-20(28)27-12-4-5-17(14-27)21-18(16-7-10-23-11-8-16)13-25-22(26-21)19-6-2-3-9-24-19/h2-3,6-11,13,17H,4-5,12,14-15H2,1H3/t17-/m1/s1. The van der Waals surface area contributed by atoms with Gasteiger partial charge in [-0.15, -0.1) is 0 Å². The van der Waals surface area contributed by atoms with Crippen LogP contribution in [0.15, 0.2) is 55.1 Å². The van der Waals surface area contributed by atoms with E-state index in [0.29, 0.717) is 12.4 Å². The Morgan fingerprint density at radius 1 is 1.17 bits per heavy atom. The van der Waals surface area contributed by atoms with E-state index in [0.717, 1.165) is 41.9 Å². The Morgan fingerprint density at radius 2 is 2.03 bits per heavy atom. The first-order valence-corrected chi connectivity index (χ1v) is 9.71. The molecule has 0 saturated carbocycles. The van der Waals surface area contributed by atoms with Crippen LogP contribution < -0.4 is 0 Å². The van der Waals surface area contributed by atoms with Crippen LogP contribution in [0.5, 0.6) is 0 Å². The van der Waals surface area contributed by atoms with Gasteiger partial charge in [-0.2, -0.15) is 0 Å². The molecule has 148 valence electrons. The molecule has 1 aliphatic heterocycles. The number of nitrogens with zero attached hydrogens (tertiary/aromatic N) is 5. The first kappa shape index (κ1) is 19.1. The fraction of sp³-hybridized carbons (Fsp3) is 0.318. The molecule has 0 aromatic carbocycles. The maximum Gasteiger partial charge on any atom is 0.248 e. The number of carbonyl (C=O) groups excluding carboxylic acids is 1. The molecule has 0 N–H and O–H groups in total. The lowest BCUT2D eigenvalue weighted by molar-refractivity contribution is -0.136. The Balaban J connectivity index is 1.73. The van der Waals surface area contributed by atoms with E-state index < -0.39 is 0 Å². The number of methoxy groups -OCH3 is 1. The van der Waals surface area contributed by atoms with E-state index in [-0.39, 0.29) is 18.4 Å². The number of hydrogen-bond donors (Lipinski definition) is 0. The molecule has 4 rings (SSSR count). The van der Waals surface area contributed by atoms with Gasteiger partial charge >= 0.3 is 0 Å². The van der Waals surface area contributed by atoms with E-state index in [2.05, 4.69) is 15.0 Å². The van der Waals surface area contributed by atoms with Crippen LogP contribution in [0.2, 0.25) is 0 Å². The summed E-state index contributed by atoms with van der Waals surface area (Å²) in [6, 6.07) is 9.61. The fourth-order valence-electron chi connectivity index (χ4n) is 3.72. The third-order valence-electron chi connectivity index (χ3n) is 5.13. The number of piperidine rings is 1. The molecule has 7 heteroatoms. The minimum absolute atomic E-state index is 0.0154. The van der Waals surface area contributed by atoms with Crippen LogP contribution in [0, 0.1) is 0 Å². The monoisotopic (exact) mass is 389 g/mol. The van der Waals surface area contributed by atoms with Gasteiger partial charge in [0.2, 0.25) is 5.91 Å². The maximum absolute atomic E-state index is 12.4. The fourth-order valence-corrected chi connectivity index (χ4v) is 3.72. The van der Waals surface area contributed by atoms with Gasteiger partial charge < -0.3 is 9.64 Å². The Labute approximate surface area is 169 Å². The number of amides is 1. The van der Waals surface area contributed by atoms with Crippen molar-refractivity contribution in [3.05, 3.63) is 60.8 Å². The summed E-state index contributed by atoms with van der Waals surface area (Å²) in [5.74, 6) is 0.735. The van der Waals surface area contributed by atoms with Crippen molar-refractivity contribution in [2.75, 3.05) is 26.8 Å². The number of aromatic nitrogens is 4. The maximum atomic E-state index is 12.4. The van der Waals surface area contributed by atoms with Crippen molar-refractivity contribution in [3.63, 3.8) is 0 Å². The van der Waals surface area contributed by atoms with Crippen LogP contribution in [0.25, 0.3) is 22.6 Å². The summed E-state index contributed by atoms with van der Waals surface area (Å²) >= 11 is 0. The summed E-state index contributed by atoms with van der Waals surface area (Å²) in [4.78, 5) is 32.2. The molecule has 0 spiro atoms. The normalized spacial score (nSPS) is 16.6. The SMILES string of the molecule is COCC(=O)N1CCC[C@@H](c2nc(-c3ccccn3)ncc2-c2ccncc2)C1. The highest BCUT2D eigenvalue weighted by Gasteiger charge is 2.28. The zero-order valence-corrected chi connectivity index (χ0v) is 16.4. The topological polar surface area (TPSA) is 81.1 Å². The minimum Gasteiger partial charge on any atom is -0.375 e. The number of rotatable bonds is 5. The molecule has 1 saturated heterocycles. The van der Waals surface area contributed by atoms with E-state index in [9.17, 15) is 4.79 Å². The molecule has 1 fully saturated rings. The van der Waals surface area contributed by atoms with E-state index in [1.54, 1.807) is 25.7 Å². The van der Waals surface area contributed by atoms with Crippen molar-refractivity contribution in [2.24, 2.45) is 0 Å². The first-order chi connectivity index (χ1) is 14.3. The van der Waals surface area contributed by atoms with Crippen LogP contribution in [-0.2, 0) is 9.53 Å². The van der Waals surface area contributed by atoms with Crippen molar-refractivity contribution in [1.29, 1.82) is 0 Å². The first-order valence-electron chi connectivity index (χ1n) is 9.71. The Kier molecular flexibility index (Phi) is 5.86. The molecule has 3 aromatic heterocycles. The molecule has 7 nitrogen and oxygen atoms in total. The number of hydrogen-bond acceptors (Lipinski definition) is 6. The molecular formula is C22H23N5O2. The highest BCUT2D eigenvalue weighted by Crippen LogP contribution is 2.33. The van der Waals surface area contributed by atoms with Crippen LogP contribution in [0.1, 0.15) is 24.5 Å². The van der Waals surface area contributed by atoms with Crippen molar-refractivity contribution < 1.29 is 9.53 Å². The molecule has 1 atom stereocenters. The molecule has 1 amide bonds. The summed E-state index contributed by atoms with van der Waals surface area (Å²) < 4.78 is 5.04. The predicted octanol–water partition coefficient (Wildman–Crippen LogP) is 2.95. The van der Waals surface area contributed by atoms with Crippen LogP contribution in [0.4, 0.5) is 0 Å². The van der Waals surface area contributed by atoms with E-state index in [1.807, 2.05) is 41.4 Å². The third-order valence-corrected chi connectivity index (χ3v) is 5.13. The van der Waals surface area contributed by atoms with Crippen LogP contribution >= 0.6 is 0 Å². The number of carbonyl (C=O) groups is 1. The van der Waals surface area contributed by atoms with Gasteiger partial charge in [0, 0.05) is 56.5 Å². The van der Waals surface area contributed by atoms with Gasteiger partial charge in [-0.05, 0) is 42.7 Å². The average molecular weight is 389 g/mol. The molecule has 0 radical (unpaired) electrons. The van der Waals surface area contributed by atoms with E-state index >= 15 is 0 Å². The minimum atomic E-state index is 0.0154. The molecule has 4 heterocycles. The van der Waals surface area contributed by atoms with Crippen molar-refractivity contribution in [3.8, 4) is 22.6 Å². The largest absolute Gasteiger partial charge is 0.375 e. The van der Waals surface area contributed by atoms with Crippen molar-refractivity contribution >= 4 is 5.91 Å². The van der Waals surface area contributed by atoms with Gasteiger partial charge in [0.25, 0.3) is 0 Å². The lowest BCUT2D eigenvalue weighted by atomic mass is 9.90. The van der Waals surface area contributed by atoms with Gasteiger partial charge in [-0.3, -0.25) is 14.8 Å². The van der Waals surface area contributed by atoms with Gasteiger partial charge in [0.15, 0.2) is 5.82 Å². The Bertz CT molecular complexity index is 965. The van der Waals surface area contributed by atoms with Gasteiger partial charge in [0.1, 0.15) is 12.3 Å². The van der Waals surface area contributed by atoms with Gasteiger partial charge in [0.05, 0.1) is 5.69 Å². The van der Waals surface area contributed by atoms with E-state index in [4.69, 9.17) is 9.72 Å². The lowest BCUT2D eigenvalue weighted by Crippen LogP contribution is -2.41. The number of likely N-dealkylation sites (tertiary alicyclic amines) is 1. The lowest BCUT2D eigenvalue weighted by Gasteiger charge is -2.33. The molecule has 1 aliphatic rings. The quantitative estimate of drug-likeness (QED) is 0.667. The molecule has 0 bridgehead atoms. The van der Waals surface area contributed by atoms with Crippen LogP contribution in [-0.4, -0.2) is 57.5 Å². The second-order valence-corrected chi connectivity index (χ2v) is 7.06. The Morgan fingerprint density at radius 3 is 2.79 bits per heavy atom. The predicted molar refractivity (Wildman–Crippen MR) is 109 cm³/mol. The summed E-state index contributed by atoms with van der Waals surface area (Å²) in [7, 11) is 1.55. The van der Waals surface area contributed by atoms with Gasteiger partial charge in [-0.1, -0.05) is 6.07 Å². The summed E-state index contributed by atoms with van der Waals surface area (Å²) in [6.45, 7) is 1.48. The second-order valence-electron chi connectivity index (χ2n) is 7.06. The summed E-state index contributed by atoms with van der Waals surface area (Å²) in [5.41, 5.74) is 3.67. The van der Waals surface area contributed by atoms with Gasteiger partial charge in [-0.25, -0.2) is 9.97 Å². The third kappa shape index (κ3) is 4.30. The van der Waals surface area contributed by atoms with E-state index in [1.165, 1.54) is 0 Å². The molecule has 0 aliphatic carbocycles. The van der Waals surface area contributed by atoms with Crippen molar-refractivity contribution in [2.45, 2.75) is 18.8 Å². The van der Waals surface area contributed by atoms with Crippen molar-refractivity contribution in [1.82, 2.24) is 24.8 Å². The molecule has 3 aromatic rings. The zero-order chi connectivity index (χ0) is 20.1. The highest BCUT2D eigenvalue weighted by atomic mass is 16.5. The number of pyridine rings is 2. The second kappa shape index (κ2) is 8.87. The van der Waals surface area contributed by atoms with Crippen LogP contribution in [0.3, 0.4) is 0 Å². The summed E-state index contributed by atoms with van der Waals surface area (Å²) in [6.07, 6.45) is 9.02. The average Bonchev–Trinajstić information content (AvgIpc) is 2.80. The molecule has 29 heavy (non-hydrogen) atoms. The summed E-state index contributed by atoms with van der Waals surface area (Å²) in [5, 5.41) is 0. The number of ether oxygens (including phenoxy) is 1. The molecule has 0 unspecified atom stereocenters. The molecular weight excluding hydrogens is 366 g/mol. The smallest absolute Gasteiger partial charge is 0.248 e.